The first-order chi connectivity index (χ1) is 15.5. The summed E-state index contributed by atoms with van der Waals surface area (Å²) >= 11 is 6.05. The van der Waals surface area contributed by atoms with Crippen LogP contribution in [-0.4, -0.2) is 28.1 Å². The van der Waals surface area contributed by atoms with E-state index in [0.717, 1.165) is 22.4 Å². The van der Waals surface area contributed by atoms with Gasteiger partial charge in [-0.15, -0.1) is 0 Å². The van der Waals surface area contributed by atoms with Crippen LogP contribution in [0, 0.1) is 13.8 Å². The Morgan fingerprint density at radius 2 is 1.79 bits per heavy atom. The van der Waals surface area contributed by atoms with Crippen LogP contribution in [0.25, 0.3) is 5.69 Å². The molecule has 7 nitrogen and oxygen atoms in total. The first kappa shape index (κ1) is 24.0. The first-order valence-corrected chi connectivity index (χ1v) is 9.97. The van der Waals surface area contributed by atoms with E-state index in [4.69, 9.17) is 11.6 Å². The number of nitrogens with one attached hydrogen (secondary N) is 2. The van der Waals surface area contributed by atoms with Crippen LogP contribution in [0.4, 0.5) is 18.9 Å². The molecule has 0 fully saturated rings. The third-order valence-electron chi connectivity index (χ3n) is 4.57. The van der Waals surface area contributed by atoms with E-state index in [1.54, 1.807) is 18.2 Å². The van der Waals surface area contributed by atoms with E-state index in [0.29, 0.717) is 10.7 Å². The molecular formula is C22H18ClF3N4O3. The normalized spacial score (nSPS) is 11.2. The minimum atomic E-state index is -4.67. The van der Waals surface area contributed by atoms with E-state index in [1.165, 1.54) is 25.1 Å². The number of hydrogen-bond acceptors (Lipinski definition) is 4. The minimum absolute atomic E-state index is 0.0972. The van der Waals surface area contributed by atoms with Gasteiger partial charge < -0.3 is 10.6 Å². The second kappa shape index (κ2) is 9.45. The molecule has 0 aliphatic carbocycles. The van der Waals surface area contributed by atoms with Crippen LogP contribution in [0.5, 0.6) is 0 Å². The van der Waals surface area contributed by atoms with Gasteiger partial charge >= 0.3 is 6.18 Å². The highest BCUT2D eigenvalue weighted by Crippen LogP contribution is 2.33. The number of alkyl halides is 3. The van der Waals surface area contributed by atoms with Gasteiger partial charge in [-0.2, -0.15) is 18.3 Å². The molecule has 0 aliphatic rings. The summed E-state index contributed by atoms with van der Waals surface area (Å²) in [5.41, 5.74) is -1.46. The predicted molar refractivity (Wildman–Crippen MR) is 117 cm³/mol. The Morgan fingerprint density at radius 1 is 1.09 bits per heavy atom. The van der Waals surface area contributed by atoms with Crippen molar-refractivity contribution in [3.8, 4) is 5.69 Å². The Hall–Kier alpha value is -3.66. The summed E-state index contributed by atoms with van der Waals surface area (Å²) in [5, 5.41) is 8.90. The molecule has 0 aliphatic heterocycles. The van der Waals surface area contributed by atoms with Gasteiger partial charge in [0.25, 0.3) is 5.91 Å². The molecule has 0 saturated carbocycles. The van der Waals surface area contributed by atoms with Gasteiger partial charge in [-0.25, -0.2) is 4.68 Å². The van der Waals surface area contributed by atoms with Crippen molar-refractivity contribution in [2.75, 3.05) is 11.9 Å². The summed E-state index contributed by atoms with van der Waals surface area (Å²) in [6.45, 7) is 2.70. The van der Waals surface area contributed by atoms with E-state index in [-0.39, 0.29) is 11.4 Å². The largest absolute Gasteiger partial charge is 0.418 e. The summed E-state index contributed by atoms with van der Waals surface area (Å²) < 4.78 is 41.1. The fourth-order valence-corrected chi connectivity index (χ4v) is 3.29. The molecule has 2 aromatic carbocycles. The number of halogens is 4. The van der Waals surface area contributed by atoms with E-state index < -0.39 is 41.2 Å². The Bertz CT molecular complexity index is 1290. The molecule has 2 N–H and O–H groups in total. The van der Waals surface area contributed by atoms with Crippen LogP contribution in [0.1, 0.15) is 27.3 Å². The third-order valence-corrected chi connectivity index (χ3v) is 4.88. The standard InChI is InChI=1S/C22H18ClF3N4O3/c1-12-7-8-16(15(23)9-12)28-19(32)11-27-21(33)20-18(31)10-13(2)30(29-20)17-6-4-3-5-14(17)22(24,25)26/h3-10H,11H2,1-2H3,(H,27,33)(H,28,32). The Kier molecular flexibility index (Phi) is 6.87. The van der Waals surface area contributed by atoms with E-state index >= 15 is 0 Å². The van der Waals surface area contributed by atoms with Crippen molar-refractivity contribution in [2.45, 2.75) is 20.0 Å². The van der Waals surface area contributed by atoms with Crippen molar-refractivity contribution in [1.82, 2.24) is 15.1 Å². The van der Waals surface area contributed by atoms with Gasteiger partial charge in [0, 0.05) is 11.8 Å². The molecule has 0 spiro atoms. The maximum Gasteiger partial charge on any atom is 0.418 e. The zero-order valence-electron chi connectivity index (χ0n) is 17.5. The number of nitrogens with zero attached hydrogens (tertiary/aromatic N) is 2. The molecule has 0 radical (unpaired) electrons. The second-order valence-corrected chi connectivity index (χ2v) is 7.55. The molecule has 2 amide bonds. The molecule has 3 rings (SSSR count). The molecule has 11 heteroatoms. The van der Waals surface area contributed by atoms with Crippen LogP contribution in [0.2, 0.25) is 5.02 Å². The van der Waals surface area contributed by atoms with Crippen LogP contribution in [0.3, 0.4) is 0 Å². The zero-order chi connectivity index (χ0) is 24.3. The van der Waals surface area contributed by atoms with E-state index in [2.05, 4.69) is 15.7 Å². The summed E-state index contributed by atoms with van der Waals surface area (Å²) in [5.74, 6) is -1.63. The fraction of sp³-hybridized carbons (Fsp3) is 0.182. The molecule has 1 aromatic heterocycles. The smallest absolute Gasteiger partial charge is 0.341 e. The lowest BCUT2D eigenvalue weighted by Crippen LogP contribution is -2.37. The van der Waals surface area contributed by atoms with E-state index in [1.807, 2.05) is 6.92 Å². The summed E-state index contributed by atoms with van der Waals surface area (Å²) in [4.78, 5) is 36.9. The number of hydrogen-bond donors (Lipinski definition) is 2. The van der Waals surface area contributed by atoms with Gasteiger partial charge in [0.2, 0.25) is 11.3 Å². The lowest BCUT2D eigenvalue weighted by atomic mass is 10.1. The zero-order valence-corrected chi connectivity index (χ0v) is 18.2. The molecule has 33 heavy (non-hydrogen) atoms. The highest BCUT2D eigenvalue weighted by molar-refractivity contribution is 6.33. The third kappa shape index (κ3) is 5.58. The van der Waals surface area contributed by atoms with Crippen LogP contribution in [0.15, 0.2) is 53.3 Å². The Morgan fingerprint density at radius 3 is 2.45 bits per heavy atom. The van der Waals surface area contributed by atoms with Gasteiger partial charge in [-0.1, -0.05) is 29.8 Å². The Balaban J connectivity index is 1.82. The highest BCUT2D eigenvalue weighted by atomic mass is 35.5. The number of benzene rings is 2. The topological polar surface area (TPSA) is 93.1 Å². The number of carbonyl (C=O) groups excluding carboxylic acids is 2. The quantitative estimate of drug-likeness (QED) is 0.582. The van der Waals surface area contributed by atoms with Gasteiger partial charge in [0.05, 0.1) is 28.5 Å². The number of carbonyl (C=O) groups is 2. The van der Waals surface area contributed by atoms with Gasteiger partial charge in [-0.3, -0.25) is 14.4 Å². The summed E-state index contributed by atoms with van der Waals surface area (Å²) in [6.07, 6.45) is -4.67. The monoisotopic (exact) mass is 478 g/mol. The lowest BCUT2D eigenvalue weighted by molar-refractivity contribution is -0.137. The Labute approximate surface area is 191 Å². The average molecular weight is 479 g/mol. The lowest BCUT2D eigenvalue weighted by Gasteiger charge is -2.16. The highest BCUT2D eigenvalue weighted by Gasteiger charge is 2.34. The summed E-state index contributed by atoms with van der Waals surface area (Å²) in [6, 6.07) is 10.6. The minimum Gasteiger partial charge on any atom is -0.341 e. The SMILES string of the molecule is Cc1ccc(NC(=O)CNC(=O)c2nn(-c3ccccc3C(F)(F)F)c(C)cc2=O)c(Cl)c1. The van der Waals surface area contributed by atoms with Crippen LogP contribution in [-0.2, 0) is 11.0 Å². The van der Waals surface area contributed by atoms with Crippen molar-refractivity contribution >= 4 is 29.1 Å². The van der Waals surface area contributed by atoms with Crippen molar-refractivity contribution in [1.29, 1.82) is 0 Å². The van der Waals surface area contributed by atoms with Gasteiger partial charge in [0.15, 0.2) is 5.69 Å². The van der Waals surface area contributed by atoms with Crippen molar-refractivity contribution in [3.63, 3.8) is 0 Å². The number of aromatic nitrogens is 2. The van der Waals surface area contributed by atoms with E-state index in [9.17, 15) is 27.6 Å². The fourth-order valence-electron chi connectivity index (χ4n) is 3.01. The molecule has 1 heterocycles. The second-order valence-electron chi connectivity index (χ2n) is 7.14. The molecule has 0 atom stereocenters. The van der Waals surface area contributed by atoms with Gasteiger partial charge in [0.1, 0.15) is 0 Å². The van der Waals surface area contributed by atoms with Crippen molar-refractivity contribution in [2.24, 2.45) is 0 Å². The molecule has 0 saturated heterocycles. The number of amides is 2. The predicted octanol–water partition coefficient (Wildman–Crippen LogP) is 3.89. The maximum absolute atomic E-state index is 13.4. The number of para-hydroxylation sites is 1. The number of rotatable bonds is 5. The van der Waals surface area contributed by atoms with Crippen molar-refractivity contribution < 1.29 is 22.8 Å². The maximum atomic E-state index is 13.4. The van der Waals surface area contributed by atoms with Gasteiger partial charge in [-0.05, 0) is 43.7 Å². The van der Waals surface area contributed by atoms with Crippen molar-refractivity contribution in [3.05, 3.63) is 86.3 Å². The first-order valence-electron chi connectivity index (χ1n) is 9.59. The molecule has 172 valence electrons. The summed E-state index contributed by atoms with van der Waals surface area (Å²) in [7, 11) is 0. The number of anilines is 1. The number of aryl methyl sites for hydroxylation is 2. The molecule has 0 unspecified atom stereocenters. The average Bonchev–Trinajstić information content (AvgIpc) is 2.73. The molecular weight excluding hydrogens is 461 g/mol. The molecule has 3 aromatic rings. The van der Waals surface area contributed by atoms with Crippen LogP contribution >= 0.6 is 11.6 Å². The van der Waals surface area contributed by atoms with Crippen LogP contribution < -0.4 is 16.1 Å². The molecule has 0 bridgehead atoms.